The highest BCUT2D eigenvalue weighted by Gasteiger charge is 2.12. The Hall–Kier alpha value is -2.02. The lowest BCUT2D eigenvalue weighted by atomic mass is 10.2. The maximum atomic E-state index is 5.99. The molecule has 0 atom stereocenters. The van der Waals surface area contributed by atoms with Gasteiger partial charge in [0.25, 0.3) is 0 Å². The molecule has 0 fully saturated rings. The van der Waals surface area contributed by atoms with Crippen LogP contribution >= 0.6 is 34.3 Å². The number of aromatic nitrogens is 3. The standard InChI is InChI=1S/C16H10ClN3OS2/c17-11-4-1-3-10(7-11)16-19-14(21-20-16)8-15-18-12(9-23-15)13-5-2-6-22-13/h1-7,9H,8H2. The molecule has 23 heavy (non-hydrogen) atoms. The van der Waals surface area contributed by atoms with Crippen LogP contribution in [0.5, 0.6) is 0 Å². The zero-order chi connectivity index (χ0) is 15.6. The number of halogens is 1. The summed E-state index contributed by atoms with van der Waals surface area (Å²) in [5, 5.41) is 9.71. The molecule has 0 N–H and O–H groups in total. The van der Waals surface area contributed by atoms with Crippen molar-refractivity contribution in [3.05, 3.63) is 63.1 Å². The zero-order valence-corrected chi connectivity index (χ0v) is 14.2. The second-order valence-electron chi connectivity index (χ2n) is 4.80. The van der Waals surface area contributed by atoms with Crippen molar-refractivity contribution >= 4 is 34.3 Å². The lowest BCUT2D eigenvalue weighted by Gasteiger charge is -1.93. The highest BCUT2D eigenvalue weighted by molar-refractivity contribution is 7.14. The third-order valence-corrected chi connectivity index (χ3v) is 5.16. The lowest BCUT2D eigenvalue weighted by molar-refractivity contribution is 0.385. The first-order valence-electron chi connectivity index (χ1n) is 6.85. The fourth-order valence-electron chi connectivity index (χ4n) is 2.13. The Bertz CT molecular complexity index is 930. The SMILES string of the molecule is Clc1cccc(-c2noc(Cc3nc(-c4cccs4)cs3)n2)c1. The van der Waals surface area contributed by atoms with E-state index in [1.807, 2.05) is 35.7 Å². The van der Waals surface area contributed by atoms with Gasteiger partial charge in [-0.15, -0.1) is 22.7 Å². The van der Waals surface area contributed by atoms with Crippen LogP contribution < -0.4 is 0 Å². The molecule has 7 heteroatoms. The molecule has 0 saturated heterocycles. The molecular formula is C16H10ClN3OS2. The van der Waals surface area contributed by atoms with E-state index in [0.717, 1.165) is 21.1 Å². The molecule has 1 aromatic carbocycles. The van der Waals surface area contributed by atoms with Crippen molar-refractivity contribution in [3.8, 4) is 22.0 Å². The monoisotopic (exact) mass is 359 g/mol. The van der Waals surface area contributed by atoms with Crippen LogP contribution in [0.4, 0.5) is 0 Å². The third kappa shape index (κ3) is 3.19. The summed E-state index contributed by atoms with van der Waals surface area (Å²) < 4.78 is 5.33. The molecule has 0 spiro atoms. The van der Waals surface area contributed by atoms with Crippen LogP contribution in [0.1, 0.15) is 10.9 Å². The summed E-state index contributed by atoms with van der Waals surface area (Å²) in [5.74, 6) is 1.09. The van der Waals surface area contributed by atoms with Crippen molar-refractivity contribution in [2.75, 3.05) is 0 Å². The summed E-state index contributed by atoms with van der Waals surface area (Å²) in [6.45, 7) is 0. The number of rotatable bonds is 4. The van der Waals surface area contributed by atoms with E-state index in [1.54, 1.807) is 22.7 Å². The second kappa shape index (κ2) is 6.23. The van der Waals surface area contributed by atoms with Crippen LogP contribution in [0.2, 0.25) is 5.02 Å². The van der Waals surface area contributed by atoms with Gasteiger partial charge in [0.05, 0.1) is 17.0 Å². The zero-order valence-electron chi connectivity index (χ0n) is 11.8. The average molecular weight is 360 g/mol. The highest BCUT2D eigenvalue weighted by Crippen LogP contribution is 2.27. The van der Waals surface area contributed by atoms with Crippen LogP contribution in [0.3, 0.4) is 0 Å². The first-order chi connectivity index (χ1) is 11.3. The molecule has 4 nitrogen and oxygen atoms in total. The summed E-state index contributed by atoms with van der Waals surface area (Å²) >= 11 is 9.26. The summed E-state index contributed by atoms with van der Waals surface area (Å²) in [5.41, 5.74) is 1.83. The van der Waals surface area contributed by atoms with Crippen molar-refractivity contribution in [2.45, 2.75) is 6.42 Å². The van der Waals surface area contributed by atoms with Gasteiger partial charge >= 0.3 is 0 Å². The Labute approximate surface area is 145 Å². The number of benzene rings is 1. The van der Waals surface area contributed by atoms with E-state index in [2.05, 4.69) is 26.6 Å². The Kier molecular flexibility index (Phi) is 3.95. The first kappa shape index (κ1) is 14.6. The number of nitrogens with zero attached hydrogens (tertiary/aromatic N) is 3. The Morgan fingerprint density at radius 3 is 2.87 bits per heavy atom. The normalized spacial score (nSPS) is 11.0. The van der Waals surface area contributed by atoms with Crippen molar-refractivity contribution in [1.29, 1.82) is 0 Å². The molecule has 0 bridgehead atoms. The molecule has 0 aliphatic rings. The smallest absolute Gasteiger partial charge is 0.233 e. The van der Waals surface area contributed by atoms with E-state index in [1.165, 1.54) is 0 Å². The molecule has 0 amide bonds. The summed E-state index contributed by atoms with van der Waals surface area (Å²) in [6.07, 6.45) is 0.531. The van der Waals surface area contributed by atoms with Crippen LogP contribution in [0.25, 0.3) is 22.0 Å². The molecular weight excluding hydrogens is 350 g/mol. The van der Waals surface area contributed by atoms with E-state index >= 15 is 0 Å². The van der Waals surface area contributed by atoms with Gasteiger partial charge in [-0.3, -0.25) is 0 Å². The summed E-state index contributed by atoms with van der Waals surface area (Å²) in [7, 11) is 0. The predicted molar refractivity (Wildman–Crippen MR) is 93.0 cm³/mol. The van der Waals surface area contributed by atoms with Gasteiger partial charge in [0, 0.05) is 16.0 Å². The molecule has 0 radical (unpaired) electrons. The number of hydrogen-bond donors (Lipinski definition) is 0. The average Bonchev–Trinajstić information content (AvgIpc) is 3.29. The molecule has 0 aliphatic heterocycles. The maximum absolute atomic E-state index is 5.99. The largest absolute Gasteiger partial charge is 0.339 e. The van der Waals surface area contributed by atoms with Crippen molar-refractivity contribution in [2.24, 2.45) is 0 Å². The van der Waals surface area contributed by atoms with Gasteiger partial charge in [0.2, 0.25) is 11.7 Å². The van der Waals surface area contributed by atoms with E-state index < -0.39 is 0 Å². The van der Waals surface area contributed by atoms with Gasteiger partial charge < -0.3 is 4.52 Å². The van der Waals surface area contributed by atoms with Gasteiger partial charge in [-0.05, 0) is 23.6 Å². The van der Waals surface area contributed by atoms with Crippen LogP contribution in [-0.4, -0.2) is 15.1 Å². The molecule has 0 aliphatic carbocycles. The molecule has 0 unspecified atom stereocenters. The number of thiophene rings is 1. The van der Waals surface area contributed by atoms with E-state index in [9.17, 15) is 0 Å². The van der Waals surface area contributed by atoms with Gasteiger partial charge in [-0.1, -0.05) is 35.0 Å². The Balaban J connectivity index is 1.54. The van der Waals surface area contributed by atoms with E-state index in [4.69, 9.17) is 16.1 Å². The maximum Gasteiger partial charge on any atom is 0.233 e. The number of hydrogen-bond acceptors (Lipinski definition) is 6. The molecule has 3 heterocycles. The minimum atomic E-state index is 0.531. The van der Waals surface area contributed by atoms with Gasteiger partial charge in [-0.2, -0.15) is 4.98 Å². The molecule has 114 valence electrons. The topological polar surface area (TPSA) is 51.8 Å². The summed E-state index contributed by atoms with van der Waals surface area (Å²) in [4.78, 5) is 10.2. The van der Waals surface area contributed by atoms with Gasteiger partial charge in [0.1, 0.15) is 5.01 Å². The molecule has 4 aromatic rings. The van der Waals surface area contributed by atoms with Gasteiger partial charge in [0.15, 0.2) is 0 Å². The Morgan fingerprint density at radius 1 is 1.09 bits per heavy atom. The highest BCUT2D eigenvalue weighted by atomic mass is 35.5. The summed E-state index contributed by atoms with van der Waals surface area (Å²) in [6, 6.07) is 11.5. The molecule has 0 saturated carbocycles. The lowest BCUT2D eigenvalue weighted by Crippen LogP contribution is -1.88. The first-order valence-corrected chi connectivity index (χ1v) is 8.98. The van der Waals surface area contributed by atoms with Crippen molar-refractivity contribution in [1.82, 2.24) is 15.1 Å². The third-order valence-electron chi connectivity index (χ3n) is 3.18. The fourth-order valence-corrected chi connectivity index (χ4v) is 3.87. The number of thiazole rings is 1. The van der Waals surface area contributed by atoms with E-state index in [-0.39, 0.29) is 0 Å². The van der Waals surface area contributed by atoms with Crippen LogP contribution in [0, 0.1) is 0 Å². The van der Waals surface area contributed by atoms with Crippen molar-refractivity contribution in [3.63, 3.8) is 0 Å². The quantitative estimate of drug-likeness (QED) is 0.504. The minimum absolute atomic E-state index is 0.531. The van der Waals surface area contributed by atoms with Gasteiger partial charge in [-0.25, -0.2) is 4.98 Å². The Morgan fingerprint density at radius 2 is 2.04 bits per heavy atom. The van der Waals surface area contributed by atoms with Crippen LogP contribution in [-0.2, 0) is 6.42 Å². The second-order valence-corrected chi connectivity index (χ2v) is 7.13. The molecule has 4 rings (SSSR count). The fraction of sp³-hybridized carbons (Fsp3) is 0.0625. The van der Waals surface area contributed by atoms with Crippen molar-refractivity contribution < 1.29 is 4.52 Å². The predicted octanol–water partition coefficient (Wildman–Crippen LogP) is 5.17. The van der Waals surface area contributed by atoms with Crippen LogP contribution in [0.15, 0.2) is 51.7 Å². The van der Waals surface area contributed by atoms with E-state index in [0.29, 0.717) is 23.2 Å². The minimum Gasteiger partial charge on any atom is -0.339 e. The molecule has 3 aromatic heterocycles.